The third-order valence-corrected chi connectivity index (χ3v) is 4.01. The van der Waals surface area contributed by atoms with Gasteiger partial charge in [0, 0.05) is 12.1 Å². The normalized spacial score (nSPS) is 10.5. The first-order chi connectivity index (χ1) is 14.5. The first-order valence-corrected chi connectivity index (χ1v) is 8.94. The predicted molar refractivity (Wildman–Crippen MR) is 110 cm³/mol. The minimum atomic E-state index is -0.498. The number of benzene rings is 3. The molecule has 8 heteroatoms. The summed E-state index contributed by atoms with van der Waals surface area (Å²) in [4.78, 5) is 34.1. The van der Waals surface area contributed by atoms with Gasteiger partial charge in [-0.05, 0) is 47.5 Å². The summed E-state index contributed by atoms with van der Waals surface area (Å²) in [6.07, 6.45) is 1.50. The monoisotopic (exact) mass is 403 g/mol. The topological polar surface area (TPSA) is 111 Å². The van der Waals surface area contributed by atoms with Crippen molar-refractivity contribution in [3.8, 4) is 5.75 Å². The fraction of sp³-hybridized carbons (Fsp3) is 0.0455. The van der Waals surface area contributed by atoms with Crippen LogP contribution in [0.25, 0.3) is 0 Å². The van der Waals surface area contributed by atoms with Gasteiger partial charge in [0.05, 0.1) is 23.1 Å². The smallest absolute Gasteiger partial charge is 0.343 e. The number of ether oxygens (including phenoxy) is 1. The number of rotatable bonds is 7. The van der Waals surface area contributed by atoms with Crippen molar-refractivity contribution in [3.05, 3.63) is 106 Å². The average molecular weight is 403 g/mol. The lowest BCUT2D eigenvalue weighted by molar-refractivity contribution is -0.384. The molecule has 8 nitrogen and oxygen atoms in total. The molecule has 30 heavy (non-hydrogen) atoms. The number of carbonyl (C=O) groups is 2. The Morgan fingerprint density at radius 3 is 2.27 bits per heavy atom. The maximum absolute atomic E-state index is 12.0. The Hall–Kier alpha value is -4.33. The van der Waals surface area contributed by atoms with E-state index in [1.807, 2.05) is 6.07 Å². The Morgan fingerprint density at radius 1 is 0.967 bits per heavy atom. The van der Waals surface area contributed by atoms with Gasteiger partial charge >= 0.3 is 5.97 Å². The molecule has 3 rings (SSSR count). The van der Waals surface area contributed by atoms with E-state index in [1.165, 1.54) is 30.5 Å². The molecule has 0 aliphatic carbocycles. The Bertz CT molecular complexity index is 1060. The van der Waals surface area contributed by atoms with E-state index in [9.17, 15) is 19.7 Å². The number of nitro benzene ring substituents is 1. The maximum Gasteiger partial charge on any atom is 0.343 e. The number of carbonyl (C=O) groups excluding carboxylic acids is 2. The number of amides is 1. The highest BCUT2D eigenvalue weighted by atomic mass is 16.6. The second kappa shape index (κ2) is 9.74. The molecular formula is C22H17N3O5. The Morgan fingerprint density at radius 2 is 1.63 bits per heavy atom. The third kappa shape index (κ3) is 5.83. The van der Waals surface area contributed by atoms with Crippen LogP contribution < -0.4 is 10.2 Å². The van der Waals surface area contributed by atoms with E-state index in [0.717, 1.165) is 0 Å². The molecule has 0 aliphatic rings. The summed E-state index contributed by atoms with van der Waals surface area (Å²) < 4.78 is 5.29. The van der Waals surface area contributed by atoms with E-state index in [4.69, 9.17) is 4.74 Å². The molecule has 3 aromatic carbocycles. The van der Waals surface area contributed by atoms with Crippen LogP contribution in [0.4, 0.5) is 5.69 Å². The van der Waals surface area contributed by atoms with Crippen LogP contribution in [-0.2, 0) is 11.2 Å². The lowest BCUT2D eigenvalue weighted by atomic mass is 10.1. The summed E-state index contributed by atoms with van der Waals surface area (Å²) in [6.45, 7) is 0. The number of nitrogens with one attached hydrogen (secondary N) is 1. The van der Waals surface area contributed by atoms with Crippen LogP contribution in [0.15, 0.2) is 84.0 Å². The standard InChI is InChI=1S/C22H17N3O5/c26-21(14-16-6-10-19(11-7-16)25(28)29)24-23-15-17-8-12-20(13-9-17)30-22(27)18-4-2-1-3-5-18/h1-13,15H,14H2,(H,24,26)/b23-15-. The molecule has 0 saturated heterocycles. The molecule has 0 fully saturated rings. The fourth-order valence-electron chi connectivity index (χ4n) is 2.50. The van der Waals surface area contributed by atoms with Crippen LogP contribution >= 0.6 is 0 Å². The lowest BCUT2D eigenvalue weighted by Crippen LogP contribution is -2.19. The number of hydrogen-bond acceptors (Lipinski definition) is 6. The highest BCUT2D eigenvalue weighted by molar-refractivity contribution is 5.91. The Labute approximate surface area is 172 Å². The van der Waals surface area contributed by atoms with Crippen LogP contribution in [0.2, 0.25) is 0 Å². The summed E-state index contributed by atoms with van der Waals surface area (Å²) in [5.74, 6) is -0.410. The maximum atomic E-state index is 12.0. The zero-order chi connectivity index (χ0) is 21.3. The molecule has 0 atom stereocenters. The molecule has 0 radical (unpaired) electrons. The van der Waals surface area contributed by atoms with Gasteiger partial charge in [-0.3, -0.25) is 14.9 Å². The Balaban J connectivity index is 1.49. The highest BCUT2D eigenvalue weighted by Gasteiger charge is 2.08. The van der Waals surface area contributed by atoms with Crippen LogP contribution in [0.5, 0.6) is 5.75 Å². The van der Waals surface area contributed by atoms with E-state index in [2.05, 4.69) is 10.5 Å². The zero-order valence-corrected chi connectivity index (χ0v) is 15.7. The van der Waals surface area contributed by atoms with Gasteiger partial charge < -0.3 is 4.74 Å². The minimum absolute atomic E-state index is 0.0323. The van der Waals surface area contributed by atoms with Crippen molar-refractivity contribution in [2.24, 2.45) is 5.10 Å². The lowest BCUT2D eigenvalue weighted by Gasteiger charge is -2.04. The van der Waals surface area contributed by atoms with Crippen LogP contribution in [0.1, 0.15) is 21.5 Å². The molecule has 0 aromatic heterocycles. The van der Waals surface area contributed by atoms with Gasteiger partial charge in [-0.15, -0.1) is 0 Å². The van der Waals surface area contributed by atoms with Crippen molar-refractivity contribution in [1.82, 2.24) is 5.43 Å². The quantitative estimate of drug-likeness (QED) is 0.213. The molecule has 0 unspecified atom stereocenters. The van der Waals surface area contributed by atoms with Gasteiger partial charge in [0.1, 0.15) is 5.75 Å². The predicted octanol–water partition coefficient (Wildman–Crippen LogP) is 3.51. The summed E-state index contributed by atoms with van der Waals surface area (Å²) in [7, 11) is 0. The van der Waals surface area contributed by atoms with Crippen molar-refractivity contribution >= 4 is 23.8 Å². The molecule has 0 saturated carbocycles. The average Bonchev–Trinajstić information content (AvgIpc) is 2.76. The third-order valence-electron chi connectivity index (χ3n) is 4.01. The fourth-order valence-corrected chi connectivity index (χ4v) is 2.50. The molecule has 0 bridgehead atoms. The number of hydrazone groups is 1. The van der Waals surface area contributed by atoms with Crippen LogP contribution in [0, 0.1) is 10.1 Å². The minimum Gasteiger partial charge on any atom is -0.423 e. The molecule has 1 N–H and O–H groups in total. The molecule has 0 spiro atoms. The number of nitro groups is 1. The SMILES string of the molecule is O=C(Cc1ccc([N+](=O)[O-])cc1)N/N=C\c1ccc(OC(=O)c2ccccc2)cc1. The van der Waals surface area contributed by atoms with E-state index in [-0.39, 0.29) is 18.0 Å². The molecular weight excluding hydrogens is 386 g/mol. The van der Waals surface area contributed by atoms with E-state index in [1.54, 1.807) is 48.5 Å². The first kappa shape index (κ1) is 20.4. The van der Waals surface area contributed by atoms with Gasteiger partial charge in [0.15, 0.2) is 0 Å². The summed E-state index contributed by atoms with van der Waals surface area (Å²) in [5.41, 5.74) is 4.16. The Kier molecular flexibility index (Phi) is 6.63. The second-order valence-electron chi connectivity index (χ2n) is 6.22. The largest absolute Gasteiger partial charge is 0.423 e. The van der Waals surface area contributed by atoms with Gasteiger partial charge in [-0.25, -0.2) is 10.2 Å². The second-order valence-corrected chi connectivity index (χ2v) is 6.22. The van der Waals surface area contributed by atoms with Crippen molar-refractivity contribution < 1.29 is 19.2 Å². The number of esters is 1. The van der Waals surface area contributed by atoms with Gasteiger partial charge in [0.25, 0.3) is 5.69 Å². The van der Waals surface area contributed by atoms with Gasteiger partial charge in [-0.1, -0.05) is 30.3 Å². The first-order valence-electron chi connectivity index (χ1n) is 8.94. The zero-order valence-electron chi connectivity index (χ0n) is 15.7. The number of non-ortho nitro benzene ring substituents is 1. The van der Waals surface area contributed by atoms with Crippen molar-refractivity contribution in [2.45, 2.75) is 6.42 Å². The molecule has 150 valence electrons. The number of nitrogens with zero attached hydrogens (tertiary/aromatic N) is 2. The van der Waals surface area contributed by atoms with Gasteiger partial charge in [-0.2, -0.15) is 5.10 Å². The van der Waals surface area contributed by atoms with E-state index < -0.39 is 10.9 Å². The molecule has 0 heterocycles. The highest BCUT2D eigenvalue weighted by Crippen LogP contribution is 2.14. The van der Waals surface area contributed by atoms with Crippen molar-refractivity contribution in [1.29, 1.82) is 0 Å². The summed E-state index contributed by atoms with van der Waals surface area (Å²) in [6, 6.07) is 21.0. The van der Waals surface area contributed by atoms with Crippen LogP contribution in [-0.4, -0.2) is 23.0 Å². The van der Waals surface area contributed by atoms with Crippen molar-refractivity contribution in [3.63, 3.8) is 0 Å². The van der Waals surface area contributed by atoms with E-state index >= 15 is 0 Å². The van der Waals surface area contributed by atoms with Crippen molar-refractivity contribution in [2.75, 3.05) is 0 Å². The molecule has 1 amide bonds. The van der Waals surface area contributed by atoms with E-state index in [0.29, 0.717) is 22.4 Å². The van der Waals surface area contributed by atoms with Crippen LogP contribution in [0.3, 0.4) is 0 Å². The van der Waals surface area contributed by atoms with Gasteiger partial charge in [0.2, 0.25) is 5.91 Å². The summed E-state index contributed by atoms with van der Waals surface area (Å²) in [5, 5.41) is 14.5. The summed E-state index contributed by atoms with van der Waals surface area (Å²) >= 11 is 0. The molecule has 3 aromatic rings. The molecule has 0 aliphatic heterocycles. The number of hydrogen-bond donors (Lipinski definition) is 1.